The van der Waals surface area contributed by atoms with Gasteiger partial charge in [0, 0.05) is 20.6 Å². The van der Waals surface area contributed by atoms with Crippen molar-refractivity contribution < 1.29 is 18.7 Å². The number of carbonyl (C=O) groups is 1. The molecule has 0 aliphatic heterocycles. The minimum Gasteiger partial charge on any atom is -0.487 e. The summed E-state index contributed by atoms with van der Waals surface area (Å²) in [7, 11) is 3.50. The molecule has 1 amide bonds. The molecule has 0 aromatic carbocycles. The molecule has 2 aromatic heterocycles. The number of ether oxygens (including phenoxy) is 2. The Morgan fingerprint density at radius 3 is 2.64 bits per heavy atom. The molecule has 4 saturated carbocycles. The van der Waals surface area contributed by atoms with E-state index in [-0.39, 0.29) is 18.1 Å². The maximum absolute atomic E-state index is 13.8. The van der Waals surface area contributed by atoms with Crippen LogP contribution in [-0.2, 0) is 18.4 Å². The molecule has 0 N–H and O–H groups in total. The first-order valence-corrected chi connectivity index (χ1v) is 11.8. The second-order valence-corrected chi connectivity index (χ2v) is 10.2. The van der Waals surface area contributed by atoms with Gasteiger partial charge in [0.2, 0.25) is 0 Å². The minimum absolute atomic E-state index is 0.0486. The summed E-state index contributed by atoms with van der Waals surface area (Å²) in [6.45, 7) is 2.50. The monoisotopic (exact) mass is 457 g/mol. The Kier molecular flexibility index (Phi) is 5.53. The Morgan fingerprint density at radius 1 is 1.24 bits per heavy atom. The van der Waals surface area contributed by atoms with Gasteiger partial charge in [0.05, 0.1) is 35.4 Å². The highest BCUT2D eigenvalue weighted by atomic mass is 19.1. The lowest BCUT2D eigenvalue weighted by molar-refractivity contribution is -0.217. The van der Waals surface area contributed by atoms with Crippen molar-refractivity contribution in [2.75, 3.05) is 13.6 Å². The molecular weight excluding hydrogens is 425 g/mol. The number of alkyl halides is 1. The van der Waals surface area contributed by atoms with Gasteiger partial charge in [-0.3, -0.25) is 4.68 Å². The van der Waals surface area contributed by atoms with Gasteiger partial charge in [0.15, 0.2) is 11.6 Å². The Labute approximate surface area is 193 Å². The van der Waals surface area contributed by atoms with Crippen molar-refractivity contribution in [1.29, 1.82) is 0 Å². The summed E-state index contributed by atoms with van der Waals surface area (Å²) in [5.74, 6) is 1.24. The van der Waals surface area contributed by atoms with Gasteiger partial charge in [0.1, 0.15) is 12.3 Å². The standard InChI is InChI=1S/C24H32FN5O3/c1-16-20(33-17-7-5-4-6-8-17)10-26-21(28-16)18-9-27-30(3)19(18)11-32-22(31)29(2)15-23-12-24(25,13-23)14-23/h9-10,17H,4-8,11-15H2,1-3H3. The molecule has 4 aliphatic carbocycles. The normalized spacial score (nSPS) is 26.3. The number of amides is 1. The molecule has 33 heavy (non-hydrogen) atoms. The van der Waals surface area contributed by atoms with Crippen molar-refractivity contribution in [2.45, 2.75) is 76.7 Å². The summed E-state index contributed by atoms with van der Waals surface area (Å²) in [5, 5.41) is 4.32. The fourth-order valence-electron chi connectivity index (χ4n) is 5.72. The second-order valence-electron chi connectivity index (χ2n) is 10.2. The highest BCUT2D eigenvalue weighted by molar-refractivity contribution is 5.68. The van der Waals surface area contributed by atoms with Crippen LogP contribution in [0.5, 0.6) is 5.75 Å². The van der Waals surface area contributed by atoms with E-state index in [0.717, 1.165) is 24.1 Å². The van der Waals surface area contributed by atoms with E-state index in [1.165, 1.54) is 19.3 Å². The fourth-order valence-corrected chi connectivity index (χ4v) is 5.72. The molecular formula is C24H32FN5O3. The molecule has 0 spiro atoms. The Bertz CT molecular complexity index is 1030. The summed E-state index contributed by atoms with van der Waals surface area (Å²) in [6.07, 6.45) is 10.7. The van der Waals surface area contributed by atoms with Crippen molar-refractivity contribution in [3.8, 4) is 17.1 Å². The smallest absolute Gasteiger partial charge is 0.409 e. The van der Waals surface area contributed by atoms with E-state index >= 15 is 0 Å². The lowest BCUT2D eigenvalue weighted by Gasteiger charge is -2.66. The number of hydrogen-bond acceptors (Lipinski definition) is 6. The number of aryl methyl sites for hydroxylation is 2. The van der Waals surface area contributed by atoms with E-state index in [4.69, 9.17) is 9.47 Å². The molecule has 4 fully saturated rings. The van der Waals surface area contributed by atoms with Crippen LogP contribution < -0.4 is 4.74 Å². The van der Waals surface area contributed by atoms with Gasteiger partial charge in [-0.25, -0.2) is 19.2 Å². The van der Waals surface area contributed by atoms with E-state index < -0.39 is 11.8 Å². The molecule has 9 heteroatoms. The zero-order valence-electron chi connectivity index (χ0n) is 19.6. The number of nitrogens with zero attached hydrogens (tertiary/aromatic N) is 5. The third-order valence-electron chi connectivity index (χ3n) is 7.37. The molecule has 0 unspecified atom stereocenters. The molecule has 8 nitrogen and oxygen atoms in total. The summed E-state index contributed by atoms with van der Waals surface area (Å²) in [6, 6.07) is 0. The molecule has 4 aliphatic rings. The van der Waals surface area contributed by atoms with Gasteiger partial charge >= 0.3 is 6.09 Å². The predicted octanol–water partition coefficient (Wildman–Crippen LogP) is 4.36. The van der Waals surface area contributed by atoms with Crippen LogP contribution >= 0.6 is 0 Å². The summed E-state index contributed by atoms with van der Waals surface area (Å²) in [4.78, 5) is 23.2. The van der Waals surface area contributed by atoms with Crippen LogP contribution in [0.3, 0.4) is 0 Å². The average molecular weight is 458 g/mol. The van der Waals surface area contributed by atoms with E-state index in [1.807, 2.05) is 6.92 Å². The van der Waals surface area contributed by atoms with E-state index in [0.29, 0.717) is 43.1 Å². The quantitative estimate of drug-likeness (QED) is 0.615. The first-order valence-electron chi connectivity index (χ1n) is 11.8. The van der Waals surface area contributed by atoms with Gasteiger partial charge < -0.3 is 14.4 Å². The molecule has 178 valence electrons. The van der Waals surface area contributed by atoms with E-state index in [1.54, 1.807) is 36.1 Å². The molecule has 2 bridgehead atoms. The van der Waals surface area contributed by atoms with Crippen LogP contribution in [0.4, 0.5) is 9.18 Å². The fraction of sp³-hybridized carbons (Fsp3) is 0.667. The molecule has 2 heterocycles. The maximum Gasteiger partial charge on any atom is 0.409 e. The van der Waals surface area contributed by atoms with Gasteiger partial charge in [-0.2, -0.15) is 5.10 Å². The predicted molar refractivity (Wildman–Crippen MR) is 119 cm³/mol. The SMILES string of the molecule is Cc1nc(-c2cnn(C)c2COC(=O)N(C)CC23CC(F)(C2)C3)ncc1OC1CCCCC1. The van der Waals surface area contributed by atoms with Gasteiger partial charge in [-0.1, -0.05) is 6.42 Å². The van der Waals surface area contributed by atoms with Crippen LogP contribution in [0.25, 0.3) is 11.4 Å². The summed E-state index contributed by atoms with van der Waals surface area (Å²) < 4.78 is 27.1. The average Bonchev–Trinajstić information content (AvgIpc) is 3.12. The highest BCUT2D eigenvalue weighted by Gasteiger charge is 2.69. The Morgan fingerprint density at radius 2 is 1.97 bits per heavy atom. The van der Waals surface area contributed by atoms with E-state index in [9.17, 15) is 9.18 Å². The number of halogens is 1. The maximum atomic E-state index is 13.8. The van der Waals surface area contributed by atoms with Crippen molar-refractivity contribution >= 4 is 6.09 Å². The lowest BCUT2D eigenvalue weighted by Crippen LogP contribution is -2.67. The molecule has 0 atom stereocenters. The largest absolute Gasteiger partial charge is 0.487 e. The van der Waals surface area contributed by atoms with Gasteiger partial charge in [0.25, 0.3) is 0 Å². The lowest BCUT2D eigenvalue weighted by atomic mass is 9.42. The Hall–Kier alpha value is -2.71. The molecule has 2 aromatic rings. The highest BCUT2D eigenvalue weighted by Crippen LogP contribution is 2.69. The van der Waals surface area contributed by atoms with Crippen molar-refractivity contribution in [2.24, 2.45) is 12.5 Å². The second kappa shape index (κ2) is 8.25. The van der Waals surface area contributed by atoms with Crippen molar-refractivity contribution in [1.82, 2.24) is 24.6 Å². The number of rotatable bonds is 7. The zero-order chi connectivity index (χ0) is 23.2. The summed E-state index contributed by atoms with van der Waals surface area (Å²) in [5.41, 5.74) is 1.20. The van der Waals surface area contributed by atoms with Crippen LogP contribution in [0.1, 0.15) is 62.8 Å². The third-order valence-corrected chi connectivity index (χ3v) is 7.37. The first-order chi connectivity index (χ1) is 15.8. The molecule has 0 radical (unpaired) electrons. The topological polar surface area (TPSA) is 82.4 Å². The summed E-state index contributed by atoms with van der Waals surface area (Å²) >= 11 is 0. The van der Waals surface area contributed by atoms with Crippen LogP contribution in [0, 0.1) is 12.3 Å². The number of hydrogen-bond donors (Lipinski definition) is 0. The van der Waals surface area contributed by atoms with Crippen molar-refractivity contribution in [3.63, 3.8) is 0 Å². The first kappa shape index (κ1) is 22.1. The number of carbonyl (C=O) groups excluding carboxylic acids is 1. The Balaban J connectivity index is 1.22. The van der Waals surface area contributed by atoms with Crippen molar-refractivity contribution in [3.05, 3.63) is 23.8 Å². The van der Waals surface area contributed by atoms with Crippen LogP contribution in [0.2, 0.25) is 0 Å². The van der Waals surface area contributed by atoms with Crippen LogP contribution in [-0.4, -0.2) is 56.1 Å². The van der Waals surface area contributed by atoms with Gasteiger partial charge in [-0.15, -0.1) is 0 Å². The zero-order valence-corrected chi connectivity index (χ0v) is 19.6. The number of aromatic nitrogens is 4. The molecule has 6 rings (SSSR count). The third kappa shape index (κ3) is 4.29. The van der Waals surface area contributed by atoms with E-state index in [2.05, 4.69) is 15.1 Å². The molecule has 0 saturated heterocycles. The van der Waals surface area contributed by atoms with Gasteiger partial charge in [-0.05, 0) is 57.3 Å². The minimum atomic E-state index is -0.969. The van der Waals surface area contributed by atoms with Crippen LogP contribution in [0.15, 0.2) is 12.4 Å².